The molecule has 6 nitrogen and oxygen atoms in total. The smallest absolute Gasteiger partial charge is 0.274 e. The van der Waals surface area contributed by atoms with Gasteiger partial charge in [0.15, 0.2) is 5.69 Å². The summed E-state index contributed by atoms with van der Waals surface area (Å²) in [6.07, 6.45) is 1.94. The Kier molecular flexibility index (Phi) is 4.85. The molecular formula is C18H24FN5O. The summed E-state index contributed by atoms with van der Waals surface area (Å²) in [6, 6.07) is 6.51. The van der Waals surface area contributed by atoms with Gasteiger partial charge in [0.05, 0.1) is 17.3 Å². The molecule has 1 amide bonds. The normalized spacial score (nSPS) is 16.0. The van der Waals surface area contributed by atoms with E-state index in [2.05, 4.69) is 20.9 Å². The van der Waals surface area contributed by atoms with E-state index in [1.54, 1.807) is 12.1 Å². The molecule has 2 aromatic rings. The molecule has 0 atom stereocenters. The van der Waals surface area contributed by atoms with Crippen LogP contribution in [0.5, 0.6) is 0 Å². The number of hydrogen-bond acceptors (Lipinski definition) is 4. The van der Waals surface area contributed by atoms with E-state index >= 15 is 0 Å². The van der Waals surface area contributed by atoms with Gasteiger partial charge in [0, 0.05) is 0 Å². The molecule has 2 N–H and O–H groups in total. The van der Waals surface area contributed by atoms with Gasteiger partial charge in [-0.05, 0) is 64.4 Å². The van der Waals surface area contributed by atoms with Crippen molar-refractivity contribution in [1.29, 1.82) is 0 Å². The van der Waals surface area contributed by atoms with Crippen molar-refractivity contribution in [3.05, 3.63) is 47.0 Å². The van der Waals surface area contributed by atoms with Crippen LogP contribution in [0.15, 0.2) is 24.3 Å². The van der Waals surface area contributed by atoms with Crippen LogP contribution in [-0.2, 0) is 5.54 Å². The van der Waals surface area contributed by atoms with E-state index in [0.29, 0.717) is 11.3 Å². The molecule has 0 spiro atoms. The summed E-state index contributed by atoms with van der Waals surface area (Å²) in [5, 5.41) is 14.5. The van der Waals surface area contributed by atoms with Gasteiger partial charge in [-0.2, -0.15) is 0 Å². The maximum atomic E-state index is 13.5. The van der Waals surface area contributed by atoms with Crippen LogP contribution >= 0.6 is 0 Å². The highest BCUT2D eigenvalue weighted by Gasteiger charge is 2.28. The van der Waals surface area contributed by atoms with Crippen LogP contribution < -0.4 is 10.6 Å². The van der Waals surface area contributed by atoms with Crippen LogP contribution in [0, 0.1) is 12.7 Å². The quantitative estimate of drug-likeness (QED) is 0.892. The first-order chi connectivity index (χ1) is 11.9. The third-order valence-electron chi connectivity index (χ3n) is 4.77. The van der Waals surface area contributed by atoms with Gasteiger partial charge in [0.25, 0.3) is 5.91 Å². The van der Waals surface area contributed by atoms with Crippen molar-refractivity contribution in [2.24, 2.45) is 0 Å². The average Bonchev–Trinajstić information content (AvgIpc) is 2.97. The molecule has 0 saturated carbocycles. The van der Waals surface area contributed by atoms with Crippen LogP contribution in [0.2, 0.25) is 0 Å². The number of halogens is 1. The first-order valence-electron chi connectivity index (χ1n) is 8.59. The summed E-state index contributed by atoms with van der Waals surface area (Å²) < 4.78 is 15.3. The summed E-state index contributed by atoms with van der Waals surface area (Å²) in [6.45, 7) is 7.43. The minimum atomic E-state index is -0.718. The monoisotopic (exact) mass is 345 g/mol. The Morgan fingerprint density at radius 3 is 2.76 bits per heavy atom. The van der Waals surface area contributed by atoms with E-state index in [1.807, 2.05) is 25.5 Å². The number of benzene rings is 1. The van der Waals surface area contributed by atoms with Gasteiger partial charge < -0.3 is 10.6 Å². The van der Waals surface area contributed by atoms with Gasteiger partial charge in [-0.15, -0.1) is 5.10 Å². The third kappa shape index (κ3) is 3.71. The summed E-state index contributed by atoms with van der Waals surface area (Å²) >= 11 is 0. The average molecular weight is 345 g/mol. The Bertz CT molecular complexity index is 765. The summed E-state index contributed by atoms with van der Waals surface area (Å²) in [4.78, 5) is 12.7. The van der Waals surface area contributed by atoms with E-state index in [-0.39, 0.29) is 17.8 Å². The van der Waals surface area contributed by atoms with Crippen molar-refractivity contribution in [2.45, 2.75) is 45.2 Å². The second-order valence-corrected chi connectivity index (χ2v) is 7.04. The number of nitrogens with zero attached hydrogens (tertiary/aromatic N) is 3. The van der Waals surface area contributed by atoms with Crippen molar-refractivity contribution in [1.82, 2.24) is 25.6 Å². The van der Waals surface area contributed by atoms with Gasteiger partial charge >= 0.3 is 0 Å². The van der Waals surface area contributed by atoms with Crippen molar-refractivity contribution in [3.8, 4) is 0 Å². The number of carbonyl (C=O) groups excluding carboxylic acids is 1. The third-order valence-corrected chi connectivity index (χ3v) is 4.77. The SMILES string of the molecule is Cc1c(C(=O)NC(C)(C)c2cccc(F)c2)nnn1C1CCNCC1. The van der Waals surface area contributed by atoms with Crippen molar-refractivity contribution in [3.63, 3.8) is 0 Å². The van der Waals surface area contributed by atoms with Gasteiger partial charge in [0.2, 0.25) is 0 Å². The molecule has 3 rings (SSSR count). The van der Waals surface area contributed by atoms with Crippen molar-refractivity contribution >= 4 is 5.91 Å². The van der Waals surface area contributed by atoms with E-state index in [9.17, 15) is 9.18 Å². The van der Waals surface area contributed by atoms with Crippen LogP contribution in [0.1, 0.15) is 54.5 Å². The molecule has 25 heavy (non-hydrogen) atoms. The second-order valence-electron chi connectivity index (χ2n) is 7.04. The van der Waals surface area contributed by atoms with Crippen LogP contribution in [-0.4, -0.2) is 34.0 Å². The second kappa shape index (κ2) is 6.92. The Balaban J connectivity index is 1.78. The molecule has 1 aliphatic heterocycles. The number of carbonyl (C=O) groups is 1. The van der Waals surface area contributed by atoms with Crippen molar-refractivity contribution in [2.75, 3.05) is 13.1 Å². The summed E-state index contributed by atoms with van der Waals surface area (Å²) in [7, 11) is 0. The van der Waals surface area contributed by atoms with Gasteiger partial charge in [-0.25, -0.2) is 9.07 Å². The molecule has 0 radical (unpaired) electrons. The van der Waals surface area contributed by atoms with E-state index in [1.165, 1.54) is 12.1 Å². The zero-order valence-corrected chi connectivity index (χ0v) is 14.8. The predicted octanol–water partition coefficient (Wildman–Crippen LogP) is 2.32. The highest BCUT2D eigenvalue weighted by molar-refractivity contribution is 5.93. The highest BCUT2D eigenvalue weighted by Crippen LogP contribution is 2.23. The lowest BCUT2D eigenvalue weighted by Gasteiger charge is -2.27. The first-order valence-corrected chi connectivity index (χ1v) is 8.59. The topological polar surface area (TPSA) is 71.8 Å². The minimum absolute atomic E-state index is 0.270. The van der Waals surface area contributed by atoms with Gasteiger partial charge in [0.1, 0.15) is 5.82 Å². The fraction of sp³-hybridized carbons (Fsp3) is 0.500. The maximum Gasteiger partial charge on any atom is 0.274 e. The number of nitrogens with one attached hydrogen (secondary N) is 2. The Labute approximate surface area is 146 Å². The molecule has 0 aliphatic carbocycles. The number of hydrogen-bond donors (Lipinski definition) is 2. The number of piperidine rings is 1. The zero-order chi connectivity index (χ0) is 18.0. The molecule has 134 valence electrons. The highest BCUT2D eigenvalue weighted by atomic mass is 19.1. The molecule has 1 aromatic carbocycles. The molecule has 1 aromatic heterocycles. The fourth-order valence-corrected chi connectivity index (χ4v) is 3.24. The lowest BCUT2D eigenvalue weighted by Crippen LogP contribution is -2.41. The van der Waals surface area contributed by atoms with Crippen LogP contribution in [0.4, 0.5) is 4.39 Å². The minimum Gasteiger partial charge on any atom is -0.342 e. The molecule has 1 saturated heterocycles. The molecular weight excluding hydrogens is 321 g/mol. The number of amides is 1. The maximum absolute atomic E-state index is 13.5. The summed E-state index contributed by atoms with van der Waals surface area (Å²) in [5.74, 6) is -0.625. The molecule has 1 aliphatic rings. The Morgan fingerprint density at radius 1 is 1.36 bits per heavy atom. The fourth-order valence-electron chi connectivity index (χ4n) is 3.24. The summed E-state index contributed by atoms with van der Waals surface area (Å²) in [5.41, 5.74) is 1.07. The zero-order valence-electron chi connectivity index (χ0n) is 14.8. The number of aromatic nitrogens is 3. The van der Waals surface area contributed by atoms with E-state index in [0.717, 1.165) is 31.6 Å². The van der Waals surface area contributed by atoms with E-state index < -0.39 is 5.54 Å². The van der Waals surface area contributed by atoms with Crippen LogP contribution in [0.3, 0.4) is 0 Å². The predicted molar refractivity (Wildman–Crippen MR) is 92.8 cm³/mol. The lowest BCUT2D eigenvalue weighted by molar-refractivity contribution is 0.0906. The van der Waals surface area contributed by atoms with Gasteiger partial charge in [-0.1, -0.05) is 17.3 Å². The number of rotatable bonds is 4. The van der Waals surface area contributed by atoms with E-state index in [4.69, 9.17) is 0 Å². The molecule has 7 heteroatoms. The molecule has 0 unspecified atom stereocenters. The Hall–Kier alpha value is -2.28. The van der Waals surface area contributed by atoms with Crippen molar-refractivity contribution < 1.29 is 9.18 Å². The Morgan fingerprint density at radius 2 is 2.08 bits per heavy atom. The molecule has 1 fully saturated rings. The first kappa shape index (κ1) is 17.5. The van der Waals surface area contributed by atoms with Gasteiger partial charge in [-0.3, -0.25) is 4.79 Å². The standard InChI is InChI=1S/C18H24FN5O/c1-12-16(22-23-24(12)15-7-9-20-10-8-15)17(25)21-18(2,3)13-5-4-6-14(19)11-13/h4-6,11,15,20H,7-10H2,1-3H3,(H,21,25). The molecule has 2 heterocycles. The van der Waals surface area contributed by atoms with Crippen LogP contribution in [0.25, 0.3) is 0 Å². The lowest BCUT2D eigenvalue weighted by atomic mass is 9.94. The largest absolute Gasteiger partial charge is 0.342 e. The molecule has 0 bridgehead atoms.